The average Bonchev–Trinajstić information content (AvgIpc) is 2.44. The number of hydrogen-bond acceptors (Lipinski definition) is 2. The number of allylic oxidation sites excluding steroid dienone is 3. The number of carboxylic acids is 1. The van der Waals surface area contributed by atoms with E-state index in [1.807, 2.05) is 0 Å². The molecule has 3 nitrogen and oxygen atoms in total. The molecule has 0 fully saturated rings. The molecule has 0 unspecified atom stereocenters. The minimum atomic E-state index is -0.687. The fourth-order valence-electron chi connectivity index (χ4n) is 2.16. The lowest BCUT2D eigenvalue weighted by atomic mass is 10.1. The quantitative estimate of drug-likeness (QED) is 0.355. The molecule has 0 aliphatic carbocycles. The van der Waals surface area contributed by atoms with Gasteiger partial charge in [-0.05, 0) is 38.5 Å². The maximum absolute atomic E-state index is 10.3. The van der Waals surface area contributed by atoms with Crippen LogP contribution in [0.3, 0.4) is 0 Å². The van der Waals surface area contributed by atoms with E-state index in [0.717, 1.165) is 51.4 Å². The SMILES string of the molecule is CCC[C@@H](O)CC=CCC=CCCCCCCCC(=O)O. The zero-order valence-electron chi connectivity index (χ0n) is 13.5. The minimum absolute atomic E-state index is 0.184. The van der Waals surface area contributed by atoms with Gasteiger partial charge in [0.05, 0.1) is 6.10 Å². The zero-order valence-corrected chi connectivity index (χ0v) is 13.5. The number of aliphatic carboxylic acids is 1. The molecule has 3 heteroatoms. The summed E-state index contributed by atoms with van der Waals surface area (Å²) in [6, 6.07) is 0. The van der Waals surface area contributed by atoms with Crippen LogP contribution in [0.2, 0.25) is 0 Å². The van der Waals surface area contributed by atoms with Crippen molar-refractivity contribution in [3.05, 3.63) is 24.3 Å². The Hall–Kier alpha value is -1.09. The van der Waals surface area contributed by atoms with Gasteiger partial charge in [0.2, 0.25) is 0 Å². The Bertz CT molecular complexity index is 295. The molecule has 0 rings (SSSR count). The first-order valence-electron chi connectivity index (χ1n) is 8.36. The molecule has 2 N–H and O–H groups in total. The van der Waals surface area contributed by atoms with Crippen molar-refractivity contribution in [1.82, 2.24) is 0 Å². The molecule has 0 aromatic carbocycles. The monoisotopic (exact) mass is 296 g/mol. The highest BCUT2D eigenvalue weighted by atomic mass is 16.4. The van der Waals surface area contributed by atoms with Gasteiger partial charge in [-0.25, -0.2) is 0 Å². The summed E-state index contributed by atoms with van der Waals surface area (Å²) >= 11 is 0. The smallest absolute Gasteiger partial charge is 0.303 e. The molecule has 122 valence electrons. The van der Waals surface area contributed by atoms with Gasteiger partial charge in [-0.1, -0.05) is 56.9 Å². The lowest BCUT2D eigenvalue weighted by molar-refractivity contribution is -0.137. The van der Waals surface area contributed by atoms with Crippen LogP contribution in [0.15, 0.2) is 24.3 Å². The predicted octanol–water partition coefficient (Wildman–Crippen LogP) is 4.86. The Labute approximate surface area is 129 Å². The fraction of sp³-hybridized carbons (Fsp3) is 0.722. The molecule has 0 aliphatic rings. The average molecular weight is 296 g/mol. The van der Waals surface area contributed by atoms with Gasteiger partial charge in [-0.3, -0.25) is 4.79 Å². The summed E-state index contributed by atoms with van der Waals surface area (Å²) < 4.78 is 0. The van der Waals surface area contributed by atoms with Crippen LogP contribution in [-0.2, 0) is 4.79 Å². The molecule has 0 amide bonds. The Morgan fingerprint density at radius 1 is 1.00 bits per heavy atom. The molecule has 0 bridgehead atoms. The second-order valence-electron chi connectivity index (χ2n) is 5.56. The van der Waals surface area contributed by atoms with Gasteiger partial charge in [0.1, 0.15) is 0 Å². The predicted molar refractivity (Wildman–Crippen MR) is 88.4 cm³/mol. The normalized spacial score (nSPS) is 13.2. The van der Waals surface area contributed by atoms with Gasteiger partial charge in [0.25, 0.3) is 0 Å². The van der Waals surface area contributed by atoms with Gasteiger partial charge in [-0.2, -0.15) is 0 Å². The fourth-order valence-corrected chi connectivity index (χ4v) is 2.16. The van der Waals surface area contributed by atoms with Crippen LogP contribution in [0, 0.1) is 0 Å². The van der Waals surface area contributed by atoms with Gasteiger partial charge in [-0.15, -0.1) is 0 Å². The van der Waals surface area contributed by atoms with Crippen molar-refractivity contribution in [1.29, 1.82) is 0 Å². The Morgan fingerprint density at radius 3 is 2.38 bits per heavy atom. The highest BCUT2D eigenvalue weighted by molar-refractivity contribution is 5.66. The number of aliphatic hydroxyl groups is 1. The molecular formula is C18H32O3. The molecule has 0 saturated heterocycles. The summed E-state index contributed by atoms with van der Waals surface area (Å²) in [7, 11) is 0. The molecule has 0 heterocycles. The summed E-state index contributed by atoms with van der Waals surface area (Å²) in [5, 5.41) is 18.0. The Morgan fingerprint density at radius 2 is 1.67 bits per heavy atom. The van der Waals surface area contributed by atoms with Crippen molar-refractivity contribution in [3.8, 4) is 0 Å². The van der Waals surface area contributed by atoms with E-state index in [0.29, 0.717) is 6.42 Å². The van der Waals surface area contributed by atoms with Crippen LogP contribution in [0.1, 0.15) is 77.6 Å². The lowest BCUT2D eigenvalue weighted by Crippen LogP contribution is -2.02. The summed E-state index contributed by atoms with van der Waals surface area (Å²) in [6.07, 6.45) is 18.7. The largest absolute Gasteiger partial charge is 0.481 e. The minimum Gasteiger partial charge on any atom is -0.481 e. The van der Waals surface area contributed by atoms with E-state index in [9.17, 15) is 9.90 Å². The van der Waals surface area contributed by atoms with Crippen molar-refractivity contribution in [2.75, 3.05) is 0 Å². The third-order valence-corrected chi connectivity index (χ3v) is 3.40. The summed E-state index contributed by atoms with van der Waals surface area (Å²) in [4.78, 5) is 10.3. The molecule has 0 spiro atoms. The number of carboxylic acid groups (broad SMARTS) is 1. The maximum Gasteiger partial charge on any atom is 0.303 e. The van der Waals surface area contributed by atoms with Crippen molar-refractivity contribution in [2.24, 2.45) is 0 Å². The number of aliphatic hydroxyl groups excluding tert-OH is 1. The summed E-state index contributed by atoms with van der Waals surface area (Å²) in [5.41, 5.74) is 0. The molecule has 0 aromatic heterocycles. The van der Waals surface area contributed by atoms with Crippen LogP contribution >= 0.6 is 0 Å². The molecule has 0 radical (unpaired) electrons. The van der Waals surface area contributed by atoms with Crippen molar-refractivity contribution in [2.45, 2.75) is 83.7 Å². The highest BCUT2D eigenvalue weighted by Gasteiger charge is 1.97. The molecular weight excluding hydrogens is 264 g/mol. The zero-order chi connectivity index (χ0) is 15.8. The molecule has 0 aliphatic heterocycles. The van der Waals surface area contributed by atoms with Gasteiger partial charge in [0.15, 0.2) is 0 Å². The van der Waals surface area contributed by atoms with E-state index >= 15 is 0 Å². The van der Waals surface area contributed by atoms with E-state index in [1.54, 1.807) is 0 Å². The van der Waals surface area contributed by atoms with Crippen LogP contribution < -0.4 is 0 Å². The van der Waals surface area contributed by atoms with Crippen LogP contribution in [0.4, 0.5) is 0 Å². The molecule has 21 heavy (non-hydrogen) atoms. The highest BCUT2D eigenvalue weighted by Crippen LogP contribution is 2.08. The van der Waals surface area contributed by atoms with Crippen LogP contribution in [0.5, 0.6) is 0 Å². The number of hydrogen-bond donors (Lipinski definition) is 2. The van der Waals surface area contributed by atoms with Gasteiger partial charge < -0.3 is 10.2 Å². The Balaban J connectivity index is 3.29. The molecule has 0 aromatic rings. The van der Waals surface area contributed by atoms with E-state index < -0.39 is 5.97 Å². The first-order chi connectivity index (χ1) is 10.2. The van der Waals surface area contributed by atoms with Crippen molar-refractivity contribution >= 4 is 5.97 Å². The van der Waals surface area contributed by atoms with Crippen LogP contribution in [-0.4, -0.2) is 22.3 Å². The van der Waals surface area contributed by atoms with Crippen LogP contribution in [0.25, 0.3) is 0 Å². The summed E-state index contributed by atoms with van der Waals surface area (Å²) in [5.74, 6) is -0.687. The van der Waals surface area contributed by atoms with Crippen molar-refractivity contribution in [3.63, 3.8) is 0 Å². The maximum atomic E-state index is 10.3. The van der Waals surface area contributed by atoms with Gasteiger partial charge >= 0.3 is 5.97 Å². The van der Waals surface area contributed by atoms with E-state index in [-0.39, 0.29) is 6.10 Å². The third-order valence-electron chi connectivity index (χ3n) is 3.40. The third kappa shape index (κ3) is 16.9. The van der Waals surface area contributed by atoms with Gasteiger partial charge in [0, 0.05) is 6.42 Å². The van der Waals surface area contributed by atoms with E-state index in [4.69, 9.17) is 5.11 Å². The summed E-state index contributed by atoms with van der Waals surface area (Å²) in [6.45, 7) is 2.09. The second kappa shape index (κ2) is 15.3. The topological polar surface area (TPSA) is 57.5 Å². The second-order valence-corrected chi connectivity index (χ2v) is 5.56. The number of unbranched alkanes of at least 4 members (excludes halogenated alkanes) is 5. The standard InChI is InChI=1S/C18H32O3/c1-2-14-17(19)15-12-10-8-6-4-3-5-7-9-11-13-16-18(20)21/h4,6,10,12,17,19H,2-3,5,7-9,11,13-16H2,1H3,(H,20,21)/t17-/m1/s1. The number of rotatable bonds is 14. The number of carbonyl (C=O) groups is 1. The molecule has 1 atom stereocenters. The van der Waals surface area contributed by atoms with E-state index in [2.05, 4.69) is 31.2 Å². The van der Waals surface area contributed by atoms with Crippen molar-refractivity contribution < 1.29 is 15.0 Å². The lowest BCUT2D eigenvalue weighted by Gasteiger charge is -2.03. The first kappa shape index (κ1) is 19.9. The molecule has 0 saturated carbocycles. The Kier molecular flexibility index (Phi) is 14.5. The first-order valence-corrected chi connectivity index (χ1v) is 8.36. The van der Waals surface area contributed by atoms with E-state index in [1.165, 1.54) is 12.8 Å².